The first kappa shape index (κ1) is 13.4. The van der Waals surface area contributed by atoms with E-state index in [-0.39, 0.29) is 6.04 Å². The van der Waals surface area contributed by atoms with E-state index in [9.17, 15) is 0 Å². The number of fused-ring (bicyclic) bond motifs is 1. The highest BCUT2D eigenvalue weighted by Crippen LogP contribution is 2.31. The second-order valence-corrected chi connectivity index (χ2v) is 5.93. The van der Waals surface area contributed by atoms with Gasteiger partial charge in [-0.2, -0.15) is 0 Å². The number of hydrogen-bond acceptors (Lipinski definition) is 4. The fourth-order valence-electron chi connectivity index (χ4n) is 1.94. The molecule has 0 radical (unpaired) electrons. The Morgan fingerprint density at radius 1 is 1.25 bits per heavy atom. The van der Waals surface area contributed by atoms with Gasteiger partial charge < -0.3 is 5.73 Å². The number of rotatable bonds is 3. The van der Waals surface area contributed by atoms with E-state index in [0.29, 0.717) is 5.02 Å². The van der Waals surface area contributed by atoms with Crippen molar-refractivity contribution in [2.45, 2.75) is 23.0 Å². The summed E-state index contributed by atoms with van der Waals surface area (Å²) in [5.41, 5.74) is 7.63. The molecular formula is C14H13ClN4S. The fourth-order valence-corrected chi connectivity index (χ4v) is 3.21. The molecule has 2 N–H and O–H groups in total. The Kier molecular flexibility index (Phi) is 3.65. The van der Waals surface area contributed by atoms with Crippen LogP contribution in [0.2, 0.25) is 5.02 Å². The molecule has 1 unspecified atom stereocenters. The summed E-state index contributed by atoms with van der Waals surface area (Å²) in [5.74, 6) is 0. The third kappa shape index (κ3) is 2.52. The lowest BCUT2D eigenvalue weighted by atomic mass is 10.1. The summed E-state index contributed by atoms with van der Waals surface area (Å²) < 4.78 is 1.94. The molecule has 0 aliphatic heterocycles. The molecule has 0 aliphatic rings. The Labute approximate surface area is 126 Å². The standard InChI is InChI=1S/C14H13ClN4S/c1-9(16)11-6-5-10(8-12(11)15)20-14-18-17-13-4-2-3-7-19(13)14/h2-9H,16H2,1H3. The Bertz CT molecular complexity index is 754. The van der Waals surface area contributed by atoms with Crippen molar-refractivity contribution in [3.05, 3.63) is 53.2 Å². The van der Waals surface area contributed by atoms with E-state index in [1.165, 1.54) is 11.8 Å². The van der Waals surface area contributed by atoms with Gasteiger partial charge in [0, 0.05) is 22.2 Å². The van der Waals surface area contributed by atoms with Crippen LogP contribution >= 0.6 is 23.4 Å². The van der Waals surface area contributed by atoms with Crippen LogP contribution in [-0.4, -0.2) is 14.6 Å². The minimum absolute atomic E-state index is 0.0736. The minimum atomic E-state index is -0.0736. The zero-order chi connectivity index (χ0) is 14.1. The summed E-state index contributed by atoms with van der Waals surface area (Å²) in [7, 11) is 0. The van der Waals surface area contributed by atoms with Crippen molar-refractivity contribution < 1.29 is 0 Å². The van der Waals surface area contributed by atoms with Crippen LogP contribution in [0.4, 0.5) is 0 Å². The van der Waals surface area contributed by atoms with Gasteiger partial charge in [-0.3, -0.25) is 4.40 Å². The number of aromatic nitrogens is 3. The number of nitrogens with two attached hydrogens (primary N) is 1. The lowest BCUT2D eigenvalue weighted by Gasteiger charge is -2.09. The zero-order valence-electron chi connectivity index (χ0n) is 10.8. The Morgan fingerprint density at radius 3 is 2.85 bits per heavy atom. The smallest absolute Gasteiger partial charge is 0.200 e. The highest BCUT2D eigenvalue weighted by Gasteiger charge is 2.10. The zero-order valence-corrected chi connectivity index (χ0v) is 12.4. The highest BCUT2D eigenvalue weighted by molar-refractivity contribution is 7.99. The first-order valence-corrected chi connectivity index (χ1v) is 7.37. The summed E-state index contributed by atoms with van der Waals surface area (Å²) in [6.45, 7) is 1.92. The van der Waals surface area contributed by atoms with Crippen LogP contribution < -0.4 is 5.73 Å². The molecule has 0 aliphatic carbocycles. The van der Waals surface area contributed by atoms with Gasteiger partial charge in [-0.1, -0.05) is 23.7 Å². The molecule has 0 fully saturated rings. The van der Waals surface area contributed by atoms with E-state index in [2.05, 4.69) is 10.2 Å². The minimum Gasteiger partial charge on any atom is -0.324 e. The van der Waals surface area contributed by atoms with E-state index in [0.717, 1.165) is 21.3 Å². The normalized spacial score (nSPS) is 12.8. The summed E-state index contributed by atoms with van der Waals surface area (Å²) in [4.78, 5) is 1.01. The van der Waals surface area contributed by atoms with Gasteiger partial charge >= 0.3 is 0 Å². The molecule has 2 heterocycles. The van der Waals surface area contributed by atoms with Gasteiger partial charge in [0.25, 0.3) is 0 Å². The lowest BCUT2D eigenvalue weighted by Crippen LogP contribution is -2.05. The monoisotopic (exact) mass is 304 g/mol. The Balaban J connectivity index is 1.93. The predicted octanol–water partition coefficient (Wildman–Crippen LogP) is 3.55. The van der Waals surface area contributed by atoms with Crippen LogP contribution in [-0.2, 0) is 0 Å². The number of hydrogen-bond donors (Lipinski definition) is 1. The van der Waals surface area contributed by atoms with Crippen LogP contribution in [0.3, 0.4) is 0 Å². The fraction of sp³-hybridized carbons (Fsp3) is 0.143. The van der Waals surface area contributed by atoms with E-state index >= 15 is 0 Å². The molecule has 0 spiro atoms. The molecule has 3 rings (SSSR count). The maximum absolute atomic E-state index is 6.25. The number of benzene rings is 1. The van der Waals surface area contributed by atoms with Crippen molar-refractivity contribution in [1.82, 2.24) is 14.6 Å². The summed E-state index contributed by atoms with van der Waals surface area (Å²) in [5, 5.41) is 9.80. The van der Waals surface area contributed by atoms with E-state index < -0.39 is 0 Å². The van der Waals surface area contributed by atoms with E-state index in [1.807, 2.05) is 53.9 Å². The molecule has 102 valence electrons. The van der Waals surface area contributed by atoms with Crippen molar-refractivity contribution in [3.63, 3.8) is 0 Å². The summed E-state index contributed by atoms with van der Waals surface area (Å²) in [6.07, 6.45) is 1.94. The SMILES string of the molecule is CC(N)c1ccc(Sc2nnc3ccccn23)cc1Cl. The molecule has 1 aromatic carbocycles. The molecule has 0 saturated carbocycles. The van der Waals surface area contributed by atoms with Gasteiger partial charge in [0.1, 0.15) is 0 Å². The molecule has 20 heavy (non-hydrogen) atoms. The van der Waals surface area contributed by atoms with Crippen LogP contribution in [0.5, 0.6) is 0 Å². The summed E-state index contributed by atoms with van der Waals surface area (Å²) in [6, 6.07) is 11.6. The molecule has 2 aromatic heterocycles. The van der Waals surface area contributed by atoms with Gasteiger partial charge in [-0.05, 0) is 48.5 Å². The maximum Gasteiger partial charge on any atom is 0.200 e. The molecule has 4 nitrogen and oxygen atoms in total. The van der Waals surface area contributed by atoms with Crippen molar-refractivity contribution in [3.8, 4) is 0 Å². The maximum atomic E-state index is 6.25. The molecular weight excluding hydrogens is 292 g/mol. The van der Waals surface area contributed by atoms with Crippen molar-refractivity contribution in [2.75, 3.05) is 0 Å². The third-order valence-electron chi connectivity index (χ3n) is 2.95. The van der Waals surface area contributed by atoms with E-state index in [1.54, 1.807) is 0 Å². The quantitative estimate of drug-likeness (QED) is 0.804. The number of halogens is 1. The highest BCUT2D eigenvalue weighted by atomic mass is 35.5. The number of nitrogens with zero attached hydrogens (tertiary/aromatic N) is 3. The first-order chi connectivity index (χ1) is 9.65. The van der Waals surface area contributed by atoms with Crippen LogP contribution in [0, 0.1) is 0 Å². The summed E-state index contributed by atoms with van der Waals surface area (Å²) >= 11 is 7.77. The topological polar surface area (TPSA) is 56.2 Å². The van der Waals surface area contributed by atoms with Crippen molar-refractivity contribution >= 4 is 29.0 Å². The van der Waals surface area contributed by atoms with Crippen LogP contribution in [0.1, 0.15) is 18.5 Å². The van der Waals surface area contributed by atoms with Crippen LogP contribution in [0.25, 0.3) is 5.65 Å². The second kappa shape index (κ2) is 5.44. The van der Waals surface area contributed by atoms with Gasteiger partial charge in [0.15, 0.2) is 10.8 Å². The van der Waals surface area contributed by atoms with Crippen molar-refractivity contribution in [1.29, 1.82) is 0 Å². The molecule has 0 amide bonds. The molecule has 1 atom stereocenters. The third-order valence-corrected chi connectivity index (χ3v) is 4.23. The van der Waals surface area contributed by atoms with Crippen LogP contribution in [0.15, 0.2) is 52.6 Å². The largest absolute Gasteiger partial charge is 0.324 e. The second-order valence-electron chi connectivity index (χ2n) is 4.49. The van der Waals surface area contributed by atoms with Gasteiger partial charge in [-0.15, -0.1) is 10.2 Å². The average Bonchev–Trinajstić information content (AvgIpc) is 2.82. The Morgan fingerprint density at radius 2 is 2.10 bits per heavy atom. The van der Waals surface area contributed by atoms with Crippen molar-refractivity contribution in [2.24, 2.45) is 5.73 Å². The average molecular weight is 305 g/mol. The van der Waals surface area contributed by atoms with Gasteiger partial charge in [0.2, 0.25) is 0 Å². The first-order valence-electron chi connectivity index (χ1n) is 6.18. The molecule has 0 saturated heterocycles. The number of pyridine rings is 1. The lowest BCUT2D eigenvalue weighted by molar-refractivity contribution is 0.817. The van der Waals surface area contributed by atoms with Gasteiger partial charge in [0.05, 0.1) is 0 Å². The molecule has 0 bridgehead atoms. The molecule has 3 aromatic rings. The van der Waals surface area contributed by atoms with Gasteiger partial charge in [-0.25, -0.2) is 0 Å². The predicted molar refractivity (Wildman–Crippen MR) is 81.2 cm³/mol. The Hall–Kier alpha value is -1.56. The molecule has 6 heteroatoms. The van der Waals surface area contributed by atoms with E-state index in [4.69, 9.17) is 17.3 Å².